The van der Waals surface area contributed by atoms with Crippen molar-refractivity contribution in [3.8, 4) is 0 Å². The van der Waals surface area contributed by atoms with Gasteiger partial charge in [-0.3, -0.25) is 0 Å². The third kappa shape index (κ3) is 4.37. The Morgan fingerprint density at radius 2 is 2.00 bits per heavy atom. The van der Waals surface area contributed by atoms with Crippen LogP contribution >= 0.6 is 22.6 Å². The maximum absolute atomic E-state index is 12.2. The molecule has 0 unspecified atom stereocenters. The summed E-state index contributed by atoms with van der Waals surface area (Å²) in [6, 6.07) is 10.5. The third-order valence-corrected chi connectivity index (χ3v) is 5.09. The molecule has 2 amide bonds. The van der Waals surface area contributed by atoms with Gasteiger partial charge in [-0.15, -0.1) is 0 Å². The largest absolute Gasteiger partial charge is 0.334 e. The Kier molecular flexibility index (Phi) is 5.48. The van der Waals surface area contributed by atoms with Gasteiger partial charge in [-0.2, -0.15) is 0 Å². The zero-order valence-electron chi connectivity index (χ0n) is 11.3. The summed E-state index contributed by atoms with van der Waals surface area (Å²) in [5, 5.41) is 3.17. The Morgan fingerprint density at radius 1 is 1.32 bits per heavy atom. The Balaban J connectivity index is 1.85. The highest BCUT2D eigenvalue weighted by atomic mass is 127. The minimum atomic E-state index is 0.0393. The molecule has 1 aliphatic carbocycles. The van der Waals surface area contributed by atoms with Crippen LogP contribution in [-0.2, 0) is 6.54 Å². The molecule has 0 bridgehead atoms. The zero-order valence-corrected chi connectivity index (χ0v) is 13.5. The zero-order chi connectivity index (χ0) is 13.7. The molecule has 2 rings (SSSR count). The number of halogens is 1. The molecule has 2 atom stereocenters. The third-order valence-electron chi connectivity index (χ3n) is 3.60. The molecule has 19 heavy (non-hydrogen) atoms. The van der Waals surface area contributed by atoms with Crippen LogP contribution in [0.3, 0.4) is 0 Å². The van der Waals surface area contributed by atoms with E-state index in [1.165, 1.54) is 19.3 Å². The molecule has 1 fully saturated rings. The van der Waals surface area contributed by atoms with E-state index in [1.54, 1.807) is 4.90 Å². The van der Waals surface area contributed by atoms with E-state index in [-0.39, 0.29) is 6.03 Å². The Hall–Kier alpha value is -0.780. The van der Waals surface area contributed by atoms with Crippen LogP contribution in [0.1, 0.15) is 31.2 Å². The van der Waals surface area contributed by atoms with Gasteiger partial charge in [0, 0.05) is 23.6 Å². The Labute approximate surface area is 128 Å². The van der Waals surface area contributed by atoms with Crippen LogP contribution in [-0.4, -0.2) is 27.9 Å². The standard InChI is InChI=1S/C15H21IN2O/c1-18(11-12-7-3-2-4-8-12)15(19)17-14-10-6-5-9-13(14)16/h2-4,7-8,13-14H,5-6,9-11H2,1H3,(H,17,19)/t13-,14-/m1/s1. The van der Waals surface area contributed by atoms with Crippen molar-refractivity contribution in [1.29, 1.82) is 0 Å². The van der Waals surface area contributed by atoms with Crippen LogP contribution in [0.15, 0.2) is 30.3 Å². The molecule has 0 saturated heterocycles. The number of alkyl halides is 1. The van der Waals surface area contributed by atoms with Crippen molar-refractivity contribution in [3.63, 3.8) is 0 Å². The summed E-state index contributed by atoms with van der Waals surface area (Å²) in [7, 11) is 1.85. The van der Waals surface area contributed by atoms with Crippen molar-refractivity contribution in [2.24, 2.45) is 0 Å². The first kappa shape index (κ1) is 14.6. The number of hydrogen-bond donors (Lipinski definition) is 1. The van der Waals surface area contributed by atoms with Gasteiger partial charge < -0.3 is 10.2 Å². The molecule has 1 N–H and O–H groups in total. The molecule has 0 heterocycles. The van der Waals surface area contributed by atoms with Crippen molar-refractivity contribution in [2.75, 3.05) is 7.05 Å². The number of nitrogens with one attached hydrogen (secondary N) is 1. The van der Waals surface area contributed by atoms with Crippen LogP contribution in [0.2, 0.25) is 0 Å². The molecule has 104 valence electrons. The number of amides is 2. The predicted molar refractivity (Wildman–Crippen MR) is 86.5 cm³/mol. The highest BCUT2D eigenvalue weighted by Crippen LogP contribution is 2.25. The second kappa shape index (κ2) is 7.12. The van der Waals surface area contributed by atoms with E-state index >= 15 is 0 Å². The highest BCUT2D eigenvalue weighted by Gasteiger charge is 2.25. The van der Waals surface area contributed by atoms with Gasteiger partial charge in [-0.25, -0.2) is 4.79 Å². The summed E-state index contributed by atoms with van der Waals surface area (Å²) in [5.41, 5.74) is 1.16. The van der Waals surface area contributed by atoms with E-state index < -0.39 is 0 Å². The van der Waals surface area contributed by atoms with E-state index in [2.05, 4.69) is 27.9 Å². The molecular weight excluding hydrogens is 351 g/mol. The maximum atomic E-state index is 12.2. The predicted octanol–water partition coefficient (Wildman–Crippen LogP) is 3.57. The summed E-state index contributed by atoms with van der Waals surface area (Å²) in [4.78, 5) is 13.9. The fourth-order valence-electron chi connectivity index (χ4n) is 2.45. The number of hydrogen-bond acceptors (Lipinski definition) is 1. The van der Waals surface area contributed by atoms with Gasteiger partial charge in [0.1, 0.15) is 0 Å². The lowest BCUT2D eigenvalue weighted by Gasteiger charge is -2.30. The first-order chi connectivity index (χ1) is 9.16. The van der Waals surface area contributed by atoms with Crippen LogP contribution in [0.5, 0.6) is 0 Å². The van der Waals surface area contributed by atoms with Gasteiger partial charge in [0.15, 0.2) is 0 Å². The van der Waals surface area contributed by atoms with Crippen molar-refractivity contribution in [1.82, 2.24) is 10.2 Å². The number of carbonyl (C=O) groups is 1. The maximum Gasteiger partial charge on any atom is 0.317 e. The molecular formula is C15H21IN2O. The fourth-order valence-corrected chi connectivity index (χ4v) is 3.43. The number of carbonyl (C=O) groups excluding carboxylic acids is 1. The molecule has 0 spiro atoms. The molecule has 3 nitrogen and oxygen atoms in total. The summed E-state index contributed by atoms with van der Waals surface area (Å²) in [5.74, 6) is 0. The SMILES string of the molecule is CN(Cc1ccccc1)C(=O)N[C@@H]1CCCC[C@H]1I. The van der Waals surface area contributed by atoms with Crippen molar-refractivity contribution < 1.29 is 4.79 Å². The lowest BCUT2D eigenvalue weighted by molar-refractivity contribution is 0.200. The summed E-state index contributed by atoms with van der Waals surface area (Å²) < 4.78 is 0.570. The Morgan fingerprint density at radius 3 is 2.68 bits per heavy atom. The van der Waals surface area contributed by atoms with Crippen molar-refractivity contribution >= 4 is 28.6 Å². The van der Waals surface area contributed by atoms with E-state index in [4.69, 9.17) is 0 Å². The summed E-state index contributed by atoms with van der Waals surface area (Å²) in [6.45, 7) is 0.658. The molecule has 4 heteroatoms. The van der Waals surface area contributed by atoms with Crippen LogP contribution in [0.25, 0.3) is 0 Å². The highest BCUT2D eigenvalue weighted by molar-refractivity contribution is 14.1. The molecule has 1 saturated carbocycles. The van der Waals surface area contributed by atoms with Gasteiger partial charge in [0.05, 0.1) is 0 Å². The van der Waals surface area contributed by atoms with E-state index in [0.29, 0.717) is 16.5 Å². The van der Waals surface area contributed by atoms with Crippen LogP contribution < -0.4 is 5.32 Å². The normalized spacial score (nSPS) is 22.8. The van der Waals surface area contributed by atoms with Crippen molar-refractivity contribution in [2.45, 2.75) is 42.2 Å². The number of urea groups is 1. The first-order valence-electron chi connectivity index (χ1n) is 6.86. The van der Waals surface area contributed by atoms with Gasteiger partial charge in [-0.1, -0.05) is 65.8 Å². The van der Waals surface area contributed by atoms with Gasteiger partial charge in [0.2, 0.25) is 0 Å². The monoisotopic (exact) mass is 372 g/mol. The average molecular weight is 372 g/mol. The van der Waals surface area contributed by atoms with Gasteiger partial charge >= 0.3 is 6.03 Å². The van der Waals surface area contributed by atoms with E-state index in [1.807, 2.05) is 37.4 Å². The fraction of sp³-hybridized carbons (Fsp3) is 0.533. The summed E-state index contributed by atoms with van der Waals surface area (Å²) in [6.07, 6.45) is 4.85. The van der Waals surface area contributed by atoms with Gasteiger partial charge in [-0.05, 0) is 18.4 Å². The van der Waals surface area contributed by atoms with Crippen LogP contribution in [0.4, 0.5) is 4.79 Å². The first-order valence-corrected chi connectivity index (χ1v) is 8.11. The number of benzene rings is 1. The second-order valence-corrected chi connectivity index (χ2v) is 6.80. The topological polar surface area (TPSA) is 32.3 Å². The molecule has 0 aliphatic heterocycles. The second-order valence-electron chi connectivity index (χ2n) is 5.20. The van der Waals surface area contributed by atoms with E-state index in [0.717, 1.165) is 12.0 Å². The van der Waals surface area contributed by atoms with Gasteiger partial charge in [0.25, 0.3) is 0 Å². The molecule has 0 aromatic heterocycles. The number of nitrogens with zero attached hydrogens (tertiary/aromatic N) is 1. The lowest BCUT2D eigenvalue weighted by Crippen LogP contribution is -2.47. The smallest absolute Gasteiger partial charge is 0.317 e. The molecule has 1 aliphatic rings. The van der Waals surface area contributed by atoms with Crippen molar-refractivity contribution in [3.05, 3.63) is 35.9 Å². The van der Waals surface area contributed by atoms with E-state index in [9.17, 15) is 4.79 Å². The number of rotatable bonds is 3. The quantitative estimate of drug-likeness (QED) is 0.639. The molecule has 0 radical (unpaired) electrons. The lowest BCUT2D eigenvalue weighted by atomic mass is 9.95. The van der Waals surface area contributed by atoms with Crippen LogP contribution in [0, 0.1) is 0 Å². The molecule has 1 aromatic carbocycles. The summed E-state index contributed by atoms with van der Waals surface area (Å²) >= 11 is 2.47. The molecule has 1 aromatic rings. The average Bonchev–Trinajstić information content (AvgIpc) is 2.42. The minimum absolute atomic E-state index is 0.0393. The Bertz CT molecular complexity index is 410. The minimum Gasteiger partial charge on any atom is -0.334 e.